The van der Waals surface area contributed by atoms with E-state index in [-0.39, 0.29) is 29.7 Å². The number of rotatable bonds is 12. The van der Waals surface area contributed by atoms with E-state index in [9.17, 15) is 24.6 Å². The van der Waals surface area contributed by atoms with Crippen LogP contribution < -0.4 is 16.0 Å². The van der Waals surface area contributed by atoms with E-state index in [0.717, 1.165) is 23.1 Å². The predicted octanol–water partition coefficient (Wildman–Crippen LogP) is 3.58. The van der Waals surface area contributed by atoms with Crippen molar-refractivity contribution in [3.05, 3.63) is 89.1 Å². The highest BCUT2D eigenvalue weighted by molar-refractivity contribution is 5.99. The van der Waals surface area contributed by atoms with Gasteiger partial charge in [-0.1, -0.05) is 68.4 Å². The van der Waals surface area contributed by atoms with E-state index in [1.54, 1.807) is 0 Å². The summed E-state index contributed by atoms with van der Waals surface area (Å²) >= 11 is 0. The molecule has 4 unspecified atom stereocenters. The fourth-order valence-electron chi connectivity index (χ4n) is 5.01. The van der Waals surface area contributed by atoms with Gasteiger partial charge in [-0.2, -0.15) is 0 Å². The highest BCUT2D eigenvalue weighted by atomic mass is 16.4. The van der Waals surface area contributed by atoms with Gasteiger partial charge in [0, 0.05) is 6.54 Å². The van der Waals surface area contributed by atoms with Gasteiger partial charge in [0.15, 0.2) is 6.10 Å². The van der Waals surface area contributed by atoms with Gasteiger partial charge in [0.05, 0.1) is 12.1 Å². The van der Waals surface area contributed by atoms with Crippen LogP contribution in [0.1, 0.15) is 71.9 Å². The van der Waals surface area contributed by atoms with Gasteiger partial charge in [-0.15, -0.1) is 0 Å². The number of nitrogens with zero attached hydrogens (tertiary/aromatic N) is 1. The number of oxazole rings is 1. The number of aryl methyl sites for hydroxylation is 1. The average Bonchev–Trinajstić information content (AvgIpc) is 3.44. The van der Waals surface area contributed by atoms with Crippen LogP contribution in [-0.4, -0.2) is 51.6 Å². The third kappa shape index (κ3) is 7.34. The molecule has 0 radical (unpaired) electrons. The topological polar surface area (TPSA) is 154 Å². The first-order valence-corrected chi connectivity index (χ1v) is 13.6. The highest BCUT2D eigenvalue weighted by Crippen LogP contribution is 2.27. The summed E-state index contributed by atoms with van der Waals surface area (Å²) in [4.78, 5) is 42.1. The number of carbonyl (C=O) groups excluding carboxylic acids is 2. The van der Waals surface area contributed by atoms with Crippen LogP contribution in [0.2, 0.25) is 0 Å². The molecule has 10 nitrogen and oxygen atoms in total. The molecule has 3 aromatic rings. The fourth-order valence-corrected chi connectivity index (χ4v) is 5.01. The molecule has 0 saturated carbocycles. The van der Waals surface area contributed by atoms with Crippen LogP contribution in [0.3, 0.4) is 0 Å². The zero-order chi connectivity index (χ0) is 28.6. The summed E-state index contributed by atoms with van der Waals surface area (Å²) in [5.74, 6) is -0.882. The van der Waals surface area contributed by atoms with Gasteiger partial charge in [-0.3, -0.25) is 9.59 Å². The minimum atomic E-state index is -1.37. The molecule has 2 aromatic carbocycles. The zero-order valence-corrected chi connectivity index (χ0v) is 22.7. The van der Waals surface area contributed by atoms with E-state index in [1.165, 1.54) is 6.26 Å². The Morgan fingerprint density at radius 1 is 1.07 bits per heavy atom. The molecule has 0 fully saturated rings. The van der Waals surface area contributed by atoms with Crippen LogP contribution in [0.15, 0.2) is 65.3 Å². The molecule has 0 spiro atoms. The van der Waals surface area contributed by atoms with Crippen LogP contribution in [0.25, 0.3) is 0 Å². The SMILES string of the molecule is CC(C)CC(NC(=O)O)C(=O)NC(CCc1ccccc1)C(O)c1nc(C(=O)C2NCCc3ccccc32)co1. The van der Waals surface area contributed by atoms with Crippen molar-refractivity contribution in [1.29, 1.82) is 0 Å². The number of nitrogens with one attached hydrogen (secondary N) is 3. The monoisotopic (exact) mass is 548 g/mol. The Hall–Kier alpha value is -4.02. The normalized spacial score (nSPS) is 16.9. The number of aliphatic hydroxyl groups is 1. The van der Waals surface area contributed by atoms with Crippen molar-refractivity contribution >= 4 is 17.8 Å². The molecule has 4 atom stereocenters. The van der Waals surface area contributed by atoms with Gasteiger partial charge in [-0.05, 0) is 48.3 Å². The third-order valence-electron chi connectivity index (χ3n) is 7.02. The maximum atomic E-state index is 13.4. The summed E-state index contributed by atoms with van der Waals surface area (Å²) in [6.45, 7) is 4.42. The van der Waals surface area contributed by atoms with E-state index >= 15 is 0 Å². The van der Waals surface area contributed by atoms with Gasteiger partial charge in [-0.25, -0.2) is 9.78 Å². The minimum Gasteiger partial charge on any atom is -0.465 e. The Morgan fingerprint density at radius 2 is 1.80 bits per heavy atom. The number of ketones is 1. The van der Waals surface area contributed by atoms with Crippen LogP contribution >= 0.6 is 0 Å². The van der Waals surface area contributed by atoms with E-state index in [0.29, 0.717) is 19.4 Å². The van der Waals surface area contributed by atoms with Crippen LogP contribution in [-0.2, 0) is 17.6 Å². The number of carbonyl (C=O) groups is 3. The van der Waals surface area contributed by atoms with Crippen LogP contribution in [0, 0.1) is 5.92 Å². The molecule has 0 aliphatic carbocycles. The number of amides is 2. The number of hydrogen-bond donors (Lipinski definition) is 5. The molecule has 40 heavy (non-hydrogen) atoms. The van der Waals surface area contributed by atoms with Gasteiger partial charge >= 0.3 is 6.09 Å². The van der Waals surface area contributed by atoms with Crippen molar-refractivity contribution in [3.63, 3.8) is 0 Å². The zero-order valence-electron chi connectivity index (χ0n) is 22.7. The first kappa shape index (κ1) is 29.0. The van der Waals surface area contributed by atoms with Crippen molar-refractivity contribution in [2.24, 2.45) is 5.92 Å². The van der Waals surface area contributed by atoms with Crippen molar-refractivity contribution in [2.75, 3.05) is 6.54 Å². The molecule has 0 bridgehead atoms. The highest BCUT2D eigenvalue weighted by Gasteiger charge is 2.33. The Kier molecular flexibility index (Phi) is 9.68. The number of aliphatic hydroxyl groups excluding tert-OH is 1. The number of hydrogen-bond acceptors (Lipinski definition) is 7. The molecule has 5 N–H and O–H groups in total. The Labute approximate surface area is 233 Å². The van der Waals surface area contributed by atoms with Gasteiger partial charge in [0.25, 0.3) is 0 Å². The van der Waals surface area contributed by atoms with Gasteiger partial charge < -0.3 is 30.6 Å². The van der Waals surface area contributed by atoms with Crippen molar-refractivity contribution in [2.45, 2.75) is 63.8 Å². The summed E-state index contributed by atoms with van der Waals surface area (Å²) in [7, 11) is 0. The largest absolute Gasteiger partial charge is 0.465 e. The quantitative estimate of drug-likeness (QED) is 0.215. The molecular formula is C30H36N4O6. The van der Waals surface area contributed by atoms with E-state index < -0.39 is 36.2 Å². The lowest BCUT2D eigenvalue weighted by Crippen LogP contribution is -2.51. The second-order valence-corrected chi connectivity index (χ2v) is 10.5. The lowest BCUT2D eigenvalue weighted by molar-refractivity contribution is -0.125. The lowest BCUT2D eigenvalue weighted by atomic mass is 9.91. The summed E-state index contributed by atoms with van der Waals surface area (Å²) < 4.78 is 5.56. The summed E-state index contributed by atoms with van der Waals surface area (Å²) in [6, 6.07) is 14.9. The van der Waals surface area contributed by atoms with Crippen molar-refractivity contribution in [1.82, 2.24) is 20.9 Å². The standard InChI is InChI=1S/C30H36N4O6/c1-18(2)16-23(34-30(38)39)28(37)32-22(13-12-19-8-4-3-5-9-19)27(36)29-33-24(17-40-29)26(35)25-21-11-7-6-10-20(21)14-15-31-25/h3-11,17-18,22-23,25,27,31,34,36H,12-16H2,1-2H3,(H,32,37)(H,38,39). The smallest absolute Gasteiger partial charge is 0.405 e. The third-order valence-corrected chi connectivity index (χ3v) is 7.02. The first-order chi connectivity index (χ1) is 19.2. The molecule has 1 aliphatic rings. The summed E-state index contributed by atoms with van der Waals surface area (Å²) in [6.07, 6.45) is 0.499. The maximum absolute atomic E-state index is 13.4. The van der Waals surface area contributed by atoms with E-state index in [2.05, 4.69) is 20.9 Å². The summed E-state index contributed by atoms with van der Waals surface area (Å²) in [5, 5.41) is 28.8. The van der Waals surface area contributed by atoms with Gasteiger partial charge in [0.1, 0.15) is 18.0 Å². The van der Waals surface area contributed by atoms with E-state index in [1.807, 2.05) is 68.4 Å². The molecule has 10 heteroatoms. The Balaban J connectivity index is 1.53. The lowest BCUT2D eigenvalue weighted by Gasteiger charge is -2.26. The van der Waals surface area contributed by atoms with E-state index in [4.69, 9.17) is 4.42 Å². The van der Waals surface area contributed by atoms with Crippen molar-refractivity contribution in [3.8, 4) is 0 Å². The second-order valence-electron chi connectivity index (χ2n) is 10.5. The molecule has 2 amide bonds. The van der Waals surface area contributed by atoms with Crippen LogP contribution in [0.5, 0.6) is 0 Å². The van der Waals surface area contributed by atoms with Crippen LogP contribution in [0.4, 0.5) is 4.79 Å². The molecule has 4 rings (SSSR count). The number of aromatic nitrogens is 1. The predicted molar refractivity (Wildman–Crippen MR) is 148 cm³/mol. The fraction of sp³-hybridized carbons (Fsp3) is 0.400. The number of benzene rings is 2. The number of fused-ring (bicyclic) bond motifs is 1. The Morgan fingerprint density at radius 3 is 2.52 bits per heavy atom. The Bertz CT molecular complexity index is 1310. The maximum Gasteiger partial charge on any atom is 0.405 e. The molecule has 1 aromatic heterocycles. The number of carboxylic acid groups (broad SMARTS) is 1. The molecule has 1 aliphatic heterocycles. The second kappa shape index (κ2) is 13.4. The minimum absolute atomic E-state index is 0.0501. The molecule has 2 heterocycles. The average molecular weight is 549 g/mol. The molecule has 0 saturated heterocycles. The number of Topliss-reactive ketones (excluding diaryl/α,β-unsaturated/α-hetero) is 1. The first-order valence-electron chi connectivity index (χ1n) is 13.6. The summed E-state index contributed by atoms with van der Waals surface area (Å²) in [5.41, 5.74) is 3.06. The van der Waals surface area contributed by atoms with Gasteiger partial charge in [0.2, 0.25) is 17.6 Å². The van der Waals surface area contributed by atoms with Crippen molar-refractivity contribution < 1.29 is 29.0 Å². The molecular weight excluding hydrogens is 512 g/mol. The molecule has 212 valence electrons.